The van der Waals surface area contributed by atoms with Crippen molar-refractivity contribution in [3.05, 3.63) is 0 Å². The molecule has 0 radical (unpaired) electrons. The fourth-order valence-corrected chi connectivity index (χ4v) is 0.773. The maximum Gasteiger partial charge on any atom is 0.138 e. The van der Waals surface area contributed by atoms with E-state index >= 15 is 0 Å². The summed E-state index contributed by atoms with van der Waals surface area (Å²) in [5, 5.41) is 0. The van der Waals surface area contributed by atoms with Gasteiger partial charge in [-0.25, -0.2) is 0 Å². The normalized spacial score (nSPS) is 12.2. The highest BCUT2D eigenvalue weighted by molar-refractivity contribution is 6.48. The van der Waals surface area contributed by atoms with Gasteiger partial charge in [-0.15, -0.1) is 23.2 Å². The van der Waals surface area contributed by atoms with Crippen LogP contribution in [0.2, 0.25) is 0 Å². The van der Waals surface area contributed by atoms with Crippen LogP contribution in [0, 0.1) is 5.92 Å². The minimum absolute atomic E-state index is 0.0248. The first kappa shape index (κ1) is 10.2. The first-order valence-corrected chi connectivity index (χ1v) is 3.99. The quantitative estimate of drug-likeness (QED) is 0.615. The van der Waals surface area contributed by atoms with Crippen molar-refractivity contribution in [1.82, 2.24) is 0 Å². The first-order chi connectivity index (χ1) is 4.33. The molecule has 0 saturated carbocycles. The molecule has 0 amide bonds. The van der Waals surface area contributed by atoms with Crippen LogP contribution < -0.4 is 0 Å². The number of rotatable bonds is 3. The second kappa shape index (κ2) is 3.59. The zero-order chi connectivity index (χ0) is 8.36. The van der Waals surface area contributed by atoms with E-state index in [1.165, 1.54) is 0 Å². The zero-order valence-corrected chi connectivity index (χ0v) is 7.96. The molecular weight excluding hydrogens is 171 g/mol. The standard InChI is InChI=1S/C7H12Cl2O/c1-5(2)6(10)4-7(3,8)9/h5H,4H2,1-3H3. The Kier molecular flexibility index (Phi) is 3.68. The maximum atomic E-state index is 11.0. The summed E-state index contributed by atoms with van der Waals surface area (Å²) in [5.74, 6) is 0.129. The zero-order valence-electron chi connectivity index (χ0n) is 6.45. The number of alkyl halides is 2. The fraction of sp³-hybridized carbons (Fsp3) is 0.857. The molecular formula is C7H12Cl2O. The van der Waals surface area contributed by atoms with Gasteiger partial charge in [-0.1, -0.05) is 13.8 Å². The Morgan fingerprint density at radius 2 is 1.90 bits per heavy atom. The van der Waals surface area contributed by atoms with Gasteiger partial charge in [0.05, 0.1) is 0 Å². The third-order valence-electron chi connectivity index (χ3n) is 1.13. The Morgan fingerprint density at radius 3 is 2.00 bits per heavy atom. The van der Waals surface area contributed by atoms with Crippen molar-refractivity contribution in [3.8, 4) is 0 Å². The third-order valence-corrected chi connectivity index (χ3v) is 1.40. The number of hydrogen-bond acceptors (Lipinski definition) is 1. The molecule has 0 fully saturated rings. The first-order valence-electron chi connectivity index (χ1n) is 3.23. The summed E-state index contributed by atoms with van der Waals surface area (Å²) in [6, 6.07) is 0. The van der Waals surface area contributed by atoms with Crippen LogP contribution in [0.5, 0.6) is 0 Å². The molecule has 0 bridgehead atoms. The summed E-state index contributed by atoms with van der Waals surface area (Å²) in [6.07, 6.45) is 0.230. The van der Waals surface area contributed by atoms with Crippen molar-refractivity contribution in [2.24, 2.45) is 5.92 Å². The lowest BCUT2D eigenvalue weighted by atomic mass is 10.1. The van der Waals surface area contributed by atoms with E-state index in [0.717, 1.165) is 0 Å². The second-order valence-corrected chi connectivity index (χ2v) is 4.73. The van der Waals surface area contributed by atoms with Gasteiger partial charge in [0.2, 0.25) is 0 Å². The summed E-state index contributed by atoms with van der Waals surface area (Å²) in [4.78, 5) is 11.0. The number of halogens is 2. The van der Waals surface area contributed by atoms with Crippen molar-refractivity contribution in [3.63, 3.8) is 0 Å². The van der Waals surface area contributed by atoms with E-state index in [-0.39, 0.29) is 18.1 Å². The number of ketones is 1. The lowest BCUT2D eigenvalue weighted by Crippen LogP contribution is -2.17. The van der Waals surface area contributed by atoms with Crippen molar-refractivity contribution >= 4 is 29.0 Å². The van der Waals surface area contributed by atoms with Crippen molar-refractivity contribution in [2.75, 3.05) is 0 Å². The number of hydrogen-bond donors (Lipinski definition) is 0. The number of carbonyl (C=O) groups excluding carboxylic acids is 1. The van der Waals surface area contributed by atoms with Crippen LogP contribution in [0.4, 0.5) is 0 Å². The molecule has 0 rings (SSSR count). The molecule has 0 aliphatic heterocycles. The van der Waals surface area contributed by atoms with E-state index in [1.54, 1.807) is 6.92 Å². The summed E-state index contributed by atoms with van der Waals surface area (Å²) in [5.41, 5.74) is 0. The molecule has 0 aromatic rings. The Hall–Kier alpha value is 0.250. The molecule has 0 N–H and O–H groups in total. The third kappa shape index (κ3) is 5.07. The second-order valence-electron chi connectivity index (χ2n) is 2.87. The average Bonchev–Trinajstić information content (AvgIpc) is 1.60. The van der Waals surface area contributed by atoms with E-state index in [4.69, 9.17) is 23.2 Å². The number of carbonyl (C=O) groups is 1. The van der Waals surface area contributed by atoms with Crippen LogP contribution in [0.15, 0.2) is 0 Å². The molecule has 0 atom stereocenters. The van der Waals surface area contributed by atoms with Crippen LogP contribution in [0.25, 0.3) is 0 Å². The van der Waals surface area contributed by atoms with Crippen LogP contribution in [0.1, 0.15) is 27.2 Å². The minimum atomic E-state index is -0.901. The van der Waals surface area contributed by atoms with E-state index in [1.807, 2.05) is 13.8 Å². The Morgan fingerprint density at radius 1 is 1.50 bits per heavy atom. The molecule has 0 unspecified atom stereocenters. The predicted molar refractivity (Wildman–Crippen MR) is 44.6 cm³/mol. The van der Waals surface area contributed by atoms with Gasteiger partial charge in [0.1, 0.15) is 10.1 Å². The minimum Gasteiger partial charge on any atom is -0.299 e. The van der Waals surface area contributed by atoms with E-state index in [9.17, 15) is 4.79 Å². The molecule has 0 aromatic carbocycles. The van der Waals surface area contributed by atoms with Crippen molar-refractivity contribution < 1.29 is 4.79 Å². The van der Waals surface area contributed by atoms with Gasteiger partial charge in [-0.2, -0.15) is 0 Å². The van der Waals surface area contributed by atoms with E-state index < -0.39 is 4.33 Å². The molecule has 1 nitrogen and oxygen atoms in total. The molecule has 60 valence electrons. The SMILES string of the molecule is CC(C)C(=O)CC(C)(Cl)Cl. The molecule has 0 heterocycles. The van der Waals surface area contributed by atoms with E-state index in [0.29, 0.717) is 0 Å². The van der Waals surface area contributed by atoms with Crippen LogP contribution in [0.3, 0.4) is 0 Å². The molecule has 0 aromatic heterocycles. The smallest absolute Gasteiger partial charge is 0.138 e. The largest absolute Gasteiger partial charge is 0.299 e. The highest BCUT2D eigenvalue weighted by atomic mass is 35.5. The summed E-state index contributed by atoms with van der Waals surface area (Å²) in [7, 11) is 0. The fourth-order valence-electron chi connectivity index (χ4n) is 0.510. The van der Waals surface area contributed by atoms with Gasteiger partial charge in [0.15, 0.2) is 0 Å². The van der Waals surface area contributed by atoms with Crippen LogP contribution >= 0.6 is 23.2 Å². The topological polar surface area (TPSA) is 17.1 Å². The lowest BCUT2D eigenvalue weighted by molar-refractivity contribution is -0.122. The molecule has 0 aliphatic carbocycles. The summed E-state index contributed by atoms with van der Waals surface area (Å²) < 4.78 is -0.901. The molecule has 0 saturated heterocycles. The highest BCUT2D eigenvalue weighted by Crippen LogP contribution is 2.25. The van der Waals surface area contributed by atoms with Gasteiger partial charge in [-0.05, 0) is 6.92 Å². The highest BCUT2D eigenvalue weighted by Gasteiger charge is 2.22. The van der Waals surface area contributed by atoms with Gasteiger partial charge < -0.3 is 0 Å². The lowest BCUT2D eigenvalue weighted by Gasteiger charge is -2.12. The van der Waals surface area contributed by atoms with Gasteiger partial charge in [0.25, 0.3) is 0 Å². The molecule has 0 aliphatic rings. The maximum absolute atomic E-state index is 11.0. The molecule has 10 heavy (non-hydrogen) atoms. The average molecular weight is 183 g/mol. The van der Waals surface area contributed by atoms with Gasteiger partial charge in [0, 0.05) is 12.3 Å². The van der Waals surface area contributed by atoms with Crippen LogP contribution in [-0.4, -0.2) is 10.1 Å². The molecule has 3 heteroatoms. The van der Waals surface area contributed by atoms with Crippen LogP contribution in [-0.2, 0) is 4.79 Å². The molecule has 0 spiro atoms. The van der Waals surface area contributed by atoms with E-state index in [2.05, 4.69) is 0 Å². The summed E-state index contributed by atoms with van der Waals surface area (Å²) in [6.45, 7) is 5.29. The monoisotopic (exact) mass is 182 g/mol. The Labute approximate surface area is 71.7 Å². The van der Waals surface area contributed by atoms with Gasteiger partial charge in [-0.3, -0.25) is 4.79 Å². The predicted octanol–water partition coefficient (Wildman–Crippen LogP) is 2.80. The van der Waals surface area contributed by atoms with Crippen molar-refractivity contribution in [1.29, 1.82) is 0 Å². The van der Waals surface area contributed by atoms with Gasteiger partial charge >= 0.3 is 0 Å². The van der Waals surface area contributed by atoms with Crippen molar-refractivity contribution in [2.45, 2.75) is 31.5 Å². The number of Topliss-reactive ketones (excluding diaryl/α,β-unsaturated/α-hetero) is 1. The summed E-state index contributed by atoms with van der Waals surface area (Å²) >= 11 is 11.2. The Bertz CT molecular complexity index is 124. The Balaban J connectivity index is 3.81.